The lowest BCUT2D eigenvalue weighted by Crippen LogP contribution is -2.37. The standard InChI is InChI=1S/C22H20N4O2/c27-21-11-14-26-20(9-12-23-26)25(21)15-16-5-7-18(8-6-16)22(28)24-13-10-17-3-1-2-4-19(17)24/h1-9,12H,10-11,13-15H2. The van der Waals surface area contributed by atoms with Crippen LogP contribution in [0.2, 0.25) is 0 Å². The van der Waals surface area contributed by atoms with E-state index >= 15 is 0 Å². The Bertz CT molecular complexity index is 1050. The van der Waals surface area contributed by atoms with E-state index in [1.807, 2.05) is 58.1 Å². The van der Waals surface area contributed by atoms with E-state index in [4.69, 9.17) is 0 Å². The minimum Gasteiger partial charge on any atom is -0.308 e. The van der Waals surface area contributed by atoms with E-state index in [0.29, 0.717) is 31.6 Å². The van der Waals surface area contributed by atoms with Gasteiger partial charge in [0.2, 0.25) is 5.91 Å². The Kier molecular flexibility index (Phi) is 3.97. The largest absolute Gasteiger partial charge is 0.308 e. The van der Waals surface area contributed by atoms with Gasteiger partial charge in [-0.1, -0.05) is 30.3 Å². The predicted molar refractivity (Wildman–Crippen MR) is 106 cm³/mol. The van der Waals surface area contributed by atoms with Crippen molar-refractivity contribution in [3.8, 4) is 0 Å². The molecular formula is C22H20N4O2. The van der Waals surface area contributed by atoms with Crippen LogP contribution in [-0.2, 0) is 24.3 Å². The van der Waals surface area contributed by atoms with Crippen LogP contribution in [0.4, 0.5) is 11.5 Å². The Morgan fingerprint density at radius 3 is 2.64 bits per heavy atom. The zero-order valence-corrected chi connectivity index (χ0v) is 15.4. The lowest BCUT2D eigenvalue weighted by Gasteiger charge is -2.27. The molecule has 2 aliphatic rings. The molecule has 1 aromatic heterocycles. The third-order valence-corrected chi connectivity index (χ3v) is 5.48. The van der Waals surface area contributed by atoms with Gasteiger partial charge >= 0.3 is 0 Å². The normalized spacial score (nSPS) is 15.5. The van der Waals surface area contributed by atoms with Crippen LogP contribution in [0, 0.1) is 0 Å². The fourth-order valence-electron chi connectivity index (χ4n) is 4.00. The third kappa shape index (κ3) is 2.78. The van der Waals surface area contributed by atoms with Gasteiger partial charge in [-0.15, -0.1) is 0 Å². The Morgan fingerprint density at radius 2 is 1.79 bits per heavy atom. The van der Waals surface area contributed by atoms with Crippen LogP contribution in [0.5, 0.6) is 0 Å². The molecule has 0 bridgehead atoms. The molecule has 3 aromatic rings. The highest BCUT2D eigenvalue weighted by Crippen LogP contribution is 2.29. The molecule has 5 rings (SSSR count). The molecule has 2 aromatic carbocycles. The molecule has 0 spiro atoms. The molecule has 0 unspecified atom stereocenters. The minimum absolute atomic E-state index is 0.0172. The Balaban J connectivity index is 1.34. The maximum atomic E-state index is 12.9. The minimum atomic E-state index is 0.0172. The average Bonchev–Trinajstić information content (AvgIpc) is 3.37. The topological polar surface area (TPSA) is 58.4 Å². The number of aromatic nitrogens is 2. The van der Waals surface area contributed by atoms with E-state index in [1.165, 1.54) is 5.56 Å². The van der Waals surface area contributed by atoms with Crippen LogP contribution < -0.4 is 9.80 Å². The van der Waals surface area contributed by atoms with Crippen molar-refractivity contribution in [1.29, 1.82) is 0 Å². The monoisotopic (exact) mass is 372 g/mol. The summed E-state index contributed by atoms with van der Waals surface area (Å²) in [7, 11) is 0. The van der Waals surface area contributed by atoms with E-state index in [2.05, 4.69) is 11.2 Å². The molecule has 0 saturated carbocycles. The fourth-order valence-corrected chi connectivity index (χ4v) is 4.00. The number of carbonyl (C=O) groups is 2. The first-order chi connectivity index (χ1) is 13.7. The first-order valence-corrected chi connectivity index (χ1v) is 9.51. The van der Waals surface area contributed by atoms with Crippen LogP contribution in [-0.4, -0.2) is 28.1 Å². The number of para-hydroxylation sites is 1. The summed E-state index contributed by atoms with van der Waals surface area (Å²) >= 11 is 0. The maximum Gasteiger partial charge on any atom is 0.258 e. The van der Waals surface area contributed by atoms with Crippen molar-refractivity contribution in [2.24, 2.45) is 0 Å². The van der Waals surface area contributed by atoms with Gasteiger partial charge in [0.25, 0.3) is 5.91 Å². The number of hydrogen-bond acceptors (Lipinski definition) is 3. The SMILES string of the molecule is O=C(c1ccc(CN2C(=O)CCn3nccc32)cc1)N1CCc2ccccc21. The lowest BCUT2D eigenvalue weighted by molar-refractivity contribution is -0.119. The fraction of sp³-hybridized carbons (Fsp3) is 0.227. The molecule has 0 fully saturated rings. The van der Waals surface area contributed by atoms with Crippen molar-refractivity contribution >= 4 is 23.3 Å². The van der Waals surface area contributed by atoms with Crippen LogP contribution >= 0.6 is 0 Å². The van der Waals surface area contributed by atoms with Crippen molar-refractivity contribution in [2.45, 2.75) is 25.9 Å². The summed E-state index contributed by atoms with van der Waals surface area (Å²) in [6.45, 7) is 1.82. The number of hydrogen-bond donors (Lipinski definition) is 0. The van der Waals surface area contributed by atoms with Crippen molar-refractivity contribution in [3.05, 3.63) is 77.5 Å². The van der Waals surface area contributed by atoms with Gasteiger partial charge < -0.3 is 4.90 Å². The van der Waals surface area contributed by atoms with Gasteiger partial charge in [0.15, 0.2) is 0 Å². The van der Waals surface area contributed by atoms with Crippen molar-refractivity contribution in [2.75, 3.05) is 16.3 Å². The Hall–Kier alpha value is -3.41. The number of amides is 2. The molecule has 6 nitrogen and oxygen atoms in total. The van der Waals surface area contributed by atoms with Crippen molar-refractivity contribution < 1.29 is 9.59 Å². The number of carbonyl (C=O) groups excluding carboxylic acids is 2. The molecule has 0 radical (unpaired) electrons. The average molecular weight is 372 g/mol. The molecule has 3 heterocycles. The summed E-state index contributed by atoms with van der Waals surface area (Å²) in [5, 5.41) is 4.26. The zero-order chi connectivity index (χ0) is 19.1. The van der Waals surface area contributed by atoms with Gasteiger partial charge in [0.1, 0.15) is 5.82 Å². The highest BCUT2D eigenvalue weighted by molar-refractivity contribution is 6.07. The summed E-state index contributed by atoms with van der Waals surface area (Å²) in [4.78, 5) is 28.9. The molecule has 2 aliphatic heterocycles. The van der Waals surface area contributed by atoms with Crippen LogP contribution in [0.1, 0.15) is 27.9 Å². The zero-order valence-electron chi connectivity index (χ0n) is 15.4. The molecule has 6 heteroatoms. The number of aryl methyl sites for hydroxylation is 1. The molecular weight excluding hydrogens is 352 g/mol. The van der Waals surface area contributed by atoms with Gasteiger partial charge in [-0.3, -0.25) is 14.5 Å². The maximum absolute atomic E-state index is 12.9. The summed E-state index contributed by atoms with van der Waals surface area (Å²) in [5.74, 6) is 0.940. The molecule has 28 heavy (non-hydrogen) atoms. The van der Waals surface area contributed by atoms with Crippen LogP contribution in [0.3, 0.4) is 0 Å². The van der Waals surface area contributed by atoms with E-state index in [-0.39, 0.29) is 11.8 Å². The third-order valence-electron chi connectivity index (χ3n) is 5.48. The van der Waals surface area contributed by atoms with Crippen LogP contribution in [0.15, 0.2) is 60.8 Å². The lowest BCUT2D eigenvalue weighted by atomic mass is 10.1. The van der Waals surface area contributed by atoms with Gasteiger partial charge in [-0.2, -0.15) is 5.10 Å². The number of benzene rings is 2. The van der Waals surface area contributed by atoms with E-state index in [0.717, 1.165) is 23.5 Å². The highest BCUT2D eigenvalue weighted by atomic mass is 16.2. The van der Waals surface area contributed by atoms with Gasteiger partial charge in [-0.25, -0.2) is 4.68 Å². The number of anilines is 2. The highest BCUT2D eigenvalue weighted by Gasteiger charge is 2.26. The number of rotatable bonds is 3. The first kappa shape index (κ1) is 16.7. The molecule has 140 valence electrons. The molecule has 2 amide bonds. The molecule has 0 atom stereocenters. The second kappa shape index (κ2) is 6.64. The van der Waals surface area contributed by atoms with Gasteiger partial charge in [0, 0.05) is 30.3 Å². The Morgan fingerprint density at radius 1 is 0.964 bits per heavy atom. The quantitative estimate of drug-likeness (QED) is 0.710. The summed E-state index contributed by atoms with van der Waals surface area (Å²) in [6, 6.07) is 17.5. The van der Waals surface area contributed by atoms with E-state index in [9.17, 15) is 9.59 Å². The van der Waals surface area contributed by atoms with Crippen molar-refractivity contribution in [3.63, 3.8) is 0 Å². The van der Waals surface area contributed by atoms with Gasteiger partial charge in [0.05, 0.1) is 19.3 Å². The number of nitrogens with zero attached hydrogens (tertiary/aromatic N) is 4. The summed E-state index contributed by atoms with van der Waals surface area (Å²) in [6.07, 6.45) is 3.07. The Labute approximate surface area is 163 Å². The van der Waals surface area contributed by atoms with Gasteiger partial charge in [-0.05, 0) is 35.7 Å². The molecule has 0 N–H and O–H groups in total. The molecule has 0 saturated heterocycles. The summed E-state index contributed by atoms with van der Waals surface area (Å²) in [5.41, 5.74) is 3.87. The first-order valence-electron chi connectivity index (χ1n) is 9.51. The van der Waals surface area contributed by atoms with E-state index in [1.54, 1.807) is 11.1 Å². The van der Waals surface area contributed by atoms with Crippen LogP contribution in [0.25, 0.3) is 0 Å². The smallest absolute Gasteiger partial charge is 0.258 e. The molecule has 0 aliphatic carbocycles. The predicted octanol–water partition coefficient (Wildman–Crippen LogP) is 3.02. The second-order valence-corrected chi connectivity index (χ2v) is 7.17. The van der Waals surface area contributed by atoms with E-state index < -0.39 is 0 Å². The number of fused-ring (bicyclic) bond motifs is 2. The summed E-state index contributed by atoms with van der Waals surface area (Å²) < 4.78 is 1.85. The second-order valence-electron chi connectivity index (χ2n) is 7.17. The van der Waals surface area contributed by atoms with Crippen molar-refractivity contribution in [1.82, 2.24) is 9.78 Å².